The zero-order valence-corrected chi connectivity index (χ0v) is 12.5. The highest BCUT2D eigenvalue weighted by Crippen LogP contribution is 2.32. The summed E-state index contributed by atoms with van der Waals surface area (Å²) in [6.07, 6.45) is -0.897. The molecule has 0 saturated heterocycles. The van der Waals surface area contributed by atoms with Gasteiger partial charge in [0.15, 0.2) is 6.10 Å². The van der Waals surface area contributed by atoms with Crippen molar-refractivity contribution < 1.29 is 9.84 Å². The summed E-state index contributed by atoms with van der Waals surface area (Å²) in [6, 6.07) is 13.2. The highest BCUT2D eigenvalue weighted by molar-refractivity contribution is 6.31. The Morgan fingerprint density at radius 1 is 1.29 bits per heavy atom. The predicted octanol–water partition coefficient (Wildman–Crippen LogP) is 4.18. The van der Waals surface area contributed by atoms with Crippen molar-refractivity contribution in [2.45, 2.75) is 19.6 Å². The molecule has 2 rings (SSSR count). The van der Waals surface area contributed by atoms with Crippen molar-refractivity contribution in [1.82, 2.24) is 0 Å². The zero-order chi connectivity index (χ0) is 15.2. The molecule has 2 aromatic carbocycles. The fourth-order valence-corrected chi connectivity index (χ4v) is 2.15. The molecule has 0 aromatic heterocycles. The van der Waals surface area contributed by atoms with Crippen molar-refractivity contribution >= 4 is 11.6 Å². The molecule has 1 unspecified atom stereocenters. The smallest absolute Gasteiger partial charge is 0.244 e. The molecule has 0 heterocycles. The average Bonchev–Trinajstić information content (AvgIpc) is 2.49. The van der Waals surface area contributed by atoms with Crippen molar-refractivity contribution in [3.05, 3.63) is 75.6 Å². The van der Waals surface area contributed by atoms with Crippen LogP contribution in [0.1, 0.15) is 22.8 Å². The van der Waals surface area contributed by atoms with Gasteiger partial charge in [-0.05, 0) is 30.2 Å². The number of aliphatic hydroxyl groups excluding tert-OH is 1. The van der Waals surface area contributed by atoms with Gasteiger partial charge in [-0.3, -0.25) is 0 Å². The first kappa shape index (κ1) is 15.4. The third kappa shape index (κ3) is 3.98. The summed E-state index contributed by atoms with van der Waals surface area (Å²) in [4.78, 5) is 3.22. The molecule has 0 spiro atoms. The maximum absolute atomic E-state index is 10.1. The third-order valence-corrected chi connectivity index (χ3v) is 3.56. The Hall–Kier alpha value is -2.02. The molecule has 21 heavy (non-hydrogen) atoms. The van der Waals surface area contributed by atoms with Gasteiger partial charge < -0.3 is 14.7 Å². The molecule has 4 heteroatoms. The standard InChI is InChI=1S/C17H16ClNO2/c1-12-8-17(21-11-13-6-4-3-5-7-13)14(9-15(12)18)16(20)10-19-2/h3-9,16,20H,10-11H2,1H3. The van der Waals surface area contributed by atoms with Gasteiger partial charge in [-0.2, -0.15) is 0 Å². The molecule has 0 fully saturated rings. The molecule has 0 amide bonds. The van der Waals surface area contributed by atoms with E-state index in [0.29, 0.717) is 22.9 Å². The largest absolute Gasteiger partial charge is 0.489 e. The number of benzene rings is 2. The van der Waals surface area contributed by atoms with Crippen LogP contribution >= 0.6 is 11.6 Å². The number of rotatable bonds is 5. The molecule has 1 atom stereocenters. The SMILES string of the molecule is [C-]#[N+]CC(O)c1cc(Cl)c(C)cc1OCc1ccccc1. The Kier molecular flexibility index (Phi) is 5.21. The minimum absolute atomic E-state index is 0.0128. The fraction of sp³-hybridized carbons (Fsp3) is 0.235. The van der Waals surface area contributed by atoms with E-state index in [9.17, 15) is 5.11 Å². The molecular formula is C17H16ClNO2. The van der Waals surface area contributed by atoms with Gasteiger partial charge in [0.05, 0.1) is 0 Å². The highest BCUT2D eigenvalue weighted by atomic mass is 35.5. The van der Waals surface area contributed by atoms with Crippen LogP contribution < -0.4 is 4.74 Å². The van der Waals surface area contributed by atoms with E-state index in [4.69, 9.17) is 22.9 Å². The molecule has 1 N–H and O–H groups in total. The Bertz CT molecular complexity index is 650. The lowest BCUT2D eigenvalue weighted by Crippen LogP contribution is -2.05. The summed E-state index contributed by atoms with van der Waals surface area (Å²) in [5.74, 6) is 0.567. The van der Waals surface area contributed by atoms with Crippen LogP contribution in [-0.2, 0) is 6.61 Å². The topological polar surface area (TPSA) is 33.8 Å². The number of aryl methyl sites for hydroxylation is 1. The first-order valence-electron chi connectivity index (χ1n) is 6.60. The number of halogens is 1. The number of hydrogen-bond donors (Lipinski definition) is 1. The van der Waals surface area contributed by atoms with Gasteiger partial charge in [0.2, 0.25) is 6.54 Å². The van der Waals surface area contributed by atoms with E-state index in [1.807, 2.05) is 37.3 Å². The van der Waals surface area contributed by atoms with Crippen LogP contribution in [0.2, 0.25) is 5.02 Å². The van der Waals surface area contributed by atoms with Gasteiger partial charge in [0.25, 0.3) is 0 Å². The van der Waals surface area contributed by atoms with E-state index in [2.05, 4.69) is 4.85 Å². The van der Waals surface area contributed by atoms with E-state index in [1.165, 1.54) is 0 Å². The summed E-state index contributed by atoms with van der Waals surface area (Å²) in [5.41, 5.74) is 2.46. The van der Waals surface area contributed by atoms with Crippen LogP contribution in [0, 0.1) is 13.5 Å². The van der Waals surface area contributed by atoms with Crippen LogP contribution in [-0.4, -0.2) is 11.7 Å². The highest BCUT2D eigenvalue weighted by Gasteiger charge is 2.18. The molecule has 2 aromatic rings. The molecule has 0 aliphatic rings. The second kappa shape index (κ2) is 7.12. The van der Waals surface area contributed by atoms with E-state index < -0.39 is 6.10 Å². The van der Waals surface area contributed by atoms with Crippen LogP contribution in [0.5, 0.6) is 5.75 Å². The van der Waals surface area contributed by atoms with Crippen molar-refractivity contribution in [3.8, 4) is 5.75 Å². The van der Waals surface area contributed by atoms with Crippen LogP contribution in [0.25, 0.3) is 4.85 Å². The Morgan fingerprint density at radius 3 is 2.67 bits per heavy atom. The van der Waals surface area contributed by atoms with Gasteiger partial charge in [-0.25, -0.2) is 6.57 Å². The molecular weight excluding hydrogens is 286 g/mol. The lowest BCUT2D eigenvalue weighted by Gasteiger charge is -2.15. The number of hydrogen-bond acceptors (Lipinski definition) is 2. The minimum atomic E-state index is -0.897. The fourth-order valence-electron chi connectivity index (χ4n) is 1.98. The summed E-state index contributed by atoms with van der Waals surface area (Å²) in [6.45, 7) is 9.14. The number of aliphatic hydroxyl groups is 1. The Labute approximate surface area is 129 Å². The summed E-state index contributed by atoms with van der Waals surface area (Å²) in [7, 11) is 0. The van der Waals surface area contributed by atoms with E-state index >= 15 is 0 Å². The van der Waals surface area contributed by atoms with Crippen molar-refractivity contribution in [2.24, 2.45) is 0 Å². The molecule has 0 aliphatic heterocycles. The minimum Gasteiger partial charge on any atom is -0.489 e. The molecule has 0 saturated carbocycles. The van der Waals surface area contributed by atoms with Crippen LogP contribution in [0.4, 0.5) is 0 Å². The van der Waals surface area contributed by atoms with E-state index in [-0.39, 0.29) is 6.54 Å². The van der Waals surface area contributed by atoms with Gasteiger partial charge in [0, 0.05) is 10.6 Å². The molecule has 0 radical (unpaired) electrons. The molecule has 3 nitrogen and oxygen atoms in total. The Morgan fingerprint density at radius 2 is 2.00 bits per heavy atom. The number of nitrogens with zero attached hydrogens (tertiary/aromatic N) is 1. The quantitative estimate of drug-likeness (QED) is 0.841. The number of ether oxygens (including phenoxy) is 1. The van der Waals surface area contributed by atoms with E-state index in [1.54, 1.807) is 12.1 Å². The second-order valence-corrected chi connectivity index (χ2v) is 5.18. The van der Waals surface area contributed by atoms with Crippen molar-refractivity contribution in [1.29, 1.82) is 0 Å². The second-order valence-electron chi connectivity index (χ2n) is 4.77. The van der Waals surface area contributed by atoms with Gasteiger partial charge >= 0.3 is 0 Å². The van der Waals surface area contributed by atoms with Gasteiger partial charge in [-0.15, -0.1) is 0 Å². The van der Waals surface area contributed by atoms with E-state index in [0.717, 1.165) is 11.1 Å². The maximum Gasteiger partial charge on any atom is 0.244 e. The summed E-state index contributed by atoms with van der Waals surface area (Å²) in [5, 5.41) is 10.6. The lowest BCUT2D eigenvalue weighted by atomic mass is 10.1. The van der Waals surface area contributed by atoms with Gasteiger partial charge in [0.1, 0.15) is 12.4 Å². The summed E-state index contributed by atoms with van der Waals surface area (Å²) >= 11 is 6.10. The van der Waals surface area contributed by atoms with Crippen LogP contribution in [0.3, 0.4) is 0 Å². The van der Waals surface area contributed by atoms with Crippen molar-refractivity contribution in [2.75, 3.05) is 6.54 Å². The first-order chi connectivity index (χ1) is 10.1. The maximum atomic E-state index is 10.1. The van der Waals surface area contributed by atoms with Gasteiger partial charge in [-0.1, -0.05) is 41.9 Å². The molecule has 108 valence electrons. The predicted molar refractivity (Wildman–Crippen MR) is 83.4 cm³/mol. The molecule has 0 bridgehead atoms. The normalized spacial score (nSPS) is 11.7. The average molecular weight is 302 g/mol. The Balaban J connectivity index is 2.24. The zero-order valence-electron chi connectivity index (χ0n) is 11.7. The van der Waals surface area contributed by atoms with Crippen LogP contribution in [0.15, 0.2) is 42.5 Å². The lowest BCUT2D eigenvalue weighted by molar-refractivity contribution is 0.186. The van der Waals surface area contributed by atoms with Crippen molar-refractivity contribution in [3.63, 3.8) is 0 Å². The molecule has 0 aliphatic carbocycles. The summed E-state index contributed by atoms with van der Waals surface area (Å²) < 4.78 is 5.80. The third-order valence-electron chi connectivity index (χ3n) is 3.15. The first-order valence-corrected chi connectivity index (χ1v) is 6.97. The monoisotopic (exact) mass is 301 g/mol.